The van der Waals surface area contributed by atoms with Crippen molar-refractivity contribution in [1.29, 1.82) is 0 Å². The molecule has 12 amide bonds. The van der Waals surface area contributed by atoms with Crippen LogP contribution in [0.15, 0.2) is 104 Å². The van der Waals surface area contributed by atoms with E-state index >= 15 is 4.79 Å². The Kier molecular flexibility index (Phi) is 32.1. The number of aromatic nitrogens is 5. The Balaban J connectivity index is 0.969. The zero-order chi connectivity index (χ0) is 82.2. The van der Waals surface area contributed by atoms with Crippen LogP contribution in [-0.4, -0.2) is 215 Å². The van der Waals surface area contributed by atoms with Crippen molar-refractivity contribution in [3.8, 4) is 0 Å². The molecule has 1 aliphatic heterocycles. The first-order valence-corrected chi connectivity index (χ1v) is 38.3. The maximum Gasteiger partial charge on any atom is 0.328 e. The van der Waals surface area contributed by atoms with E-state index in [1.54, 1.807) is 94.9 Å². The molecule has 1 aliphatic rings. The number of carbonyl (C=O) groups is 13. The molecule has 13 atom stereocenters. The number of nitrogens with one attached hydrogen (secondary N) is 14. The molecule has 3 aromatic carbocycles. The van der Waals surface area contributed by atoms with E-state index in [1.807, 2.05) is 30.3 Å². The van der Waals surface area contributed by atoms with Gasteiger partial charge in [0.15, 0.2) is 6.04 Å². The lowest BCUT2D eigenvalue weighted by Crippen LogP contribution is -2.61. The van der Waals surface area contributed by atoms with Crippen molar-refractivity contribution in [3.05, 3.63) is 126 Å². The van der Waals surface area contributed by atoms with Gasteiger partial charge < -0.3 is 111 Å². The van der Waals surface area contributed by atoms with Crippen molar-refractivity contribution in [2.24, 2.45) is 34.8 Å². The van der Waals surface area contributed by atoms with Gasteiger partial charge in [0, 0.05) is 89.7 Å². The first-order valence-electron chi connectivity index (χ1n) is 38.3. The van der Waals surface area contributed by atoms with Crippen LogP contribution in [0.1, 0.15) is 128 Å². The number of rotatable bonds is 44. The number of carboxylic acid groups (broad SMARTS) is 1. The number of imidazole rings is 1. The fourth-order valence-corrected chi connectivity index (χ4v) is 13.8. The van der Waals surface area contributed by atoms with Crippen LogP contribution in [0.25, 0.3) is 32.7 Å². The number of likely N-dealkylation sites (tertiary alicyclic amines) is 1. The predicted molar refractivity (Wildman–Crippen MR) is 419 cm³/mol. The van der Waals surface area contributed by atoms with Gasteiger partial charge in [-0.3, -0.25) is 57.5 Å². The number of unbranched alkanes of at least 4 members (excludes halogenated alkanes) is 2. The molecule has 24 N–H and O–H groups in total. The second kappa shape index (κ2) is 41.6. The molecule has 0 aliphatic carbocycles. The van der Waals surface area contributed by atoms with Gasteiger partial charge in [-0.25, -0.2) is 9.78 Å². The molecule has 5 heterocycles. The molecule has 8 rings (SSSR count). The van der Waals surface area contributed by atoms with Gasteiger partial charge in [-0.05, 0) is 131 Å². The van der Waals surface area contributed by atoms with Crippen molar-refractivity contribution in [2.75, 3.05) is 19.6 Å². The Morgan fingerprint density at radius 3 is 1.43 bits per heavy atom. The molecule has 0 bridgehead atoms. The number of aliphatic hydroxyl groups excluding tert-OH is 1. The molecule has 1 fully saturated rings. The van der Waals surface area contributed by atoms with Crippen molar-refractivity contribution in [3.63, 3.8) is 0 Å². The number of aliphatic carboxylic acids is 1. The number of aliphatic hydroxyl groups is 1. The first kappa shape index (κ1) is 87.0. The average Bonchev–Trinajstić information content (AvgIpc) is 1.72. The van der Waals surface area contributed by atoms with Gasteiger partial charge in [0.1, 0.15) is 60.4 Å². The normalized spacial score (nSPS) is 16.1. The van der Waals surface area contributed by atoms with Gasteiger partial charge in [-0.15, -0.1) is 0 Å². The Labute approximate surface area is 653 Å². The van der Waals surface area contributed by atoms with Gasteiger partial charge in [0.05, 0.1) is 30.6 Å². The number of nitrogens with two attached hydrogens (primary N) is 4. The Morgan fingerprint density at radius 2 is 0.947 bits per heavy atom. The summed E-state index contributed by atoms with van der Waals surface area (Å²) >= 11 is 0. The van der Waals surface area contributed by atoms with E-state index in [4.69, 9.17) is 22.9 Å². The number of hydrogen-bond donors (Lipinski definition) is 20. The smallest absolute Gasteiger partial charge is 0.328 e. The van der Waals surface area contributed by atoms with Crippen molar-refractivity contribution in [2.45, 2.75) is 210 Å². The number of primary amides is 1. The maximum absolute atomic E-state index is 15.1. The molecule has 7 aromatic rings. The average molecular weight is 1570 g/mol. The quantitative estimate of drug-likeness (QED) is 0.0216. The molecular weight excluding hydrogens is 1460 g/mol. The summed E-state index contributed by atoms with van der Waals surface area (Å²) in [5.74, 6) is -12.8. The standard InChI is InChI=1S/C78H108N20O15/c1-41(2)30-58(70(104)90-57(25-14-16-28-80)77(111)98-29-17-26-63(98)75(109)94-61(74(108)97-66(44(6)99)78(112)113)33-47-38-86-55-23-12-9-20-51(47)55)92-72(106)60(32-46-37-85-54-22-11-8-19-50(46)54)93-73(107)62(35-64(82)100)95-76(110)65(42(3)4)96-67(101)43(5)88-69(103)56(24-13-15-27-79)89-71(105)59(31-45-36-84-53-21-10-7-18-49(45)53)91-68(102)52(81)34-48-39-83-40-87-48/h7-12,18-23,36-44,52,56-63,65-66,84-86,99H,13-17,24-35,79-81H2,1-6H3,(H2,82,100)(H,83,87)(H,88,103)(H,89,105)(H,90,104)(H,91,102)(H,92,106)(H,93,107)(H,94,109)(H,95,110)(H,96,101)(H,97,108)(H,112,113)/t43-,44+,52-,56-,57-,58-,59-,60-,61-,62-,63-,65-,66-/m0/s1. The van der Waals surface area contributed by atoms with Crippen molar-refractivity contribution in [1.82, 2.24) is 83.0 Å². The second-order valence-corrected chi connectivity index (χ2v) is 29.6. The monoisotopic (exact) mass is 1560 g/mol. The number of fused-ring (bicyclic) bond motifs is 3. The second-order valence-electron chi connectivity index (χ2n) is 29.6. The van der Waals surface area contributed by atoms with Crippen molar-refractivity contribution < 1.29 is 72.5 Å². The maximum atomic E-state index is 15.1. The van der Waals surface area contributed by atoms with E-state index in [9.17, 15) is 67.7 Å². The minimum atomic E-state index is -1.80. The SMILES string of the molecule is CC(C)C[C@H](NC(=O)[C@H](Cc1c[nH]c2ccccc12)NC(=O)[C@H](CC(N)=O)NC(=O)[C@@H](NC(=O)[C@H](C)NC(=O)[C@H](CCCCN)NC(=O)[C@H](Cc1c[nH]c2ccccc12)NC(=O)[C@@H](N)Cc1c[nH]cn1)C(C)C)C(=O)N[C@@H](CCCCN)C(=O)N1CCC[C@H]1C(=O)N[C@@H](Cc1c[nH]c2ccccc12)C(=O)N[C@H](C(=O)O)[C@@H](C)O. The van der Waals surface area contributed by atoms with Crippen molar-refractivity contribution >= 4 is 110 Å². The van der Waals surface area contributed by atoms with E-state index in [1.165, 1.54) is 25.1 Å². The molecule has 0 spiro atoms. The molecule has 0 saturated carbocycles. The summed E-state index contributed by atoms with van der Waals surface area (Å²) in [5.41, 5.74) is 28.3. The zero-order valence-electron chi connectivity index (χ0n) is 64.4. The summed E-state index contributed by atoms with van der Waals surface area (Å²) in [6.07, 6.45) is 7.43. The van der Waals surface area contributed by atoms with Crippen LogP contribution in [0.2, 0.25) is 0 Å². The van der Waals surface area contributed by atoms with E-state index in [2.05, 4.69) is 78.1 Å². The number of hydrogen-bond acceptors (Lipinski definition) is 18. The third kappa shape index (κ3) is 24.5. The number of para-hydroxylation sites is 3. The molecule has 35 nitrogen and oxygen atoms in total. The topological polar surface area (TPSA) is 566 Å². The third-order valence-corrected chi connectivity index (χ3v) is 19.9. The molecule has 35 heteroatoms. The molecule has 4 aromatic heterocycles. The van der Waals surface area contributed by atoms with E-state index in [0.29, 0.717) is 65.4 Å². The highest BCUT2D eigenvalue weighted by Crippen LogP contribution is 2.26. The summed E-state index contributed by atoms with van der Waals surface area (Å²) in [5, 5.41) is 49.0. The number of amides is 12. The van der Waals surface area contributed by atoms with Gasteiger partial charge in [0.2, 0.25) is 70.9 Å². The molecule has 1 saturated heterocycles. The van der Waals surface area contributed by atoms with Crippen LogP contribution in [0, 0.1) is 11.8 Å². The molecule has 113 heavy (non-hydrogen) atoms. The fourth-order valence-electron chi connectivity index (χ4n) is 13.8. The third-order valence-electron chi connectivity index (χ3n) is 19.9. The van der Waals surface area contributed by atoms with Crippen LogP contribution in [0.5, 0.6) is 0 Å². The Bertz CT molecular complexity index is 4460. The predicted octanol–water partition coefficient (Wildman–Crippen LogP) is -0.389. The summed E-state index contributed by atoms with van der Waals surface area (Å²) in [4.78, 5) is 202. The van der Waals surface area contributed by atoms with Crippen LogP contribution in [0.3, 0.4) is 0 Å². The summed E-state index contributed by atoms with van der Waals surface area (Å²) < 4.78 is 0. The van der Waals surface area contributed by atoms with Gasteiger partial charge >= 0.3 is 5.97 Å². The number of H-pyrrole nitrogens is 4. The number of carboxylic acids is 1. The van der Waals surface area contributed by atoms with Crippen LogP contribution < -0.4 is 76.1 Å². The number of benzene rings is 3. The summed E-state index contributed by atoms with van der Waals surface area (Å²) in [7, 11) is 0. The zero-order valence-corrected chi connectivity index (χ0v) is 64.4. The minimum Gasteiger partial charge on any atom is -0.480 e. The van der Waals surface area contributed by atoms with Crippen LogP contribution in [0.4, 0.5) is 0 Å². The molecule has 0 unspecified atom stereocenters. The van der Waals surface area contributed by atoms with Crippen LogP contribution >= 0.6 is 0 Å². The summed E-state index contributed by atoms with van der Waals surface area (Å²) in [6.45, 7) is 9.81. The Morgan fingerprint density at radius 1 is 0.504 bits per heavy atom. The lowest BCUT2D eigenvalue weighted by Gasteiger charge is -2.31. The highest BCUT2D eigenvalue weighted by Gasteiger charge is 2.42. The lowest BCUT2D eigenvalue weighted by atomic mass is 9.99. The first-order chi connectivity index (χ1) is 53.9. The molecular formula is C78H108N20O15. The largest absolute Gasteiger partial charge is 0.480 e. The van der Waals surface area contributed by atoms with Gasteiger partial charge in [-0.1, -0.05) is 82.3 Å². The van der Waals surface area contributed by atoms with E-state index in [-0.39, 0.29) is 76.9 Å². The van der Waals surface area contributed by atoms with E-state index in [0.717, 1.165) is 21.8 Å². The highest BCUT2D eigenvalue weighted by atomic mass is 16.4. The number of nitrogens with zero attached hydrogens (tertiary/aromatic N) is 2. The summed E-state index contributed by atoms with van der Waals surface area (Å²) in [6, 6.07) is 4.79. The number of carbonyl (C=O) groups excluding carboxylic acids is 12. The highest BCUT2D eigenvalue weighted by molar-refractivity contribution is 6.01. The Hall–Kier alpha value is -11.6. The van der Waals surface area contributed by atoms with E-state index < -0.39 is 168 Å². The molecule has 610 valence electrons. The fraction of sp³-hybridized carbons (Fsp3) is 0.487. The van der Waals surface area contributed by atoms with Crippen LogP contribution in [-0.2, 0) is 88.0 Å². The molecule has 0 radical (unpaired) electrons. The van der Waals surface area contributed by atoms with Gasteiger partial charge in [0.25, 0.3) is 0 Å². The number of aromatic amines is 4. The lowest BCUT2D eigenvalue weighted by molar-refractivity contribution is -0.145. The van der Waals surface area contributed by atoms with Gasteiger partial charge in [-0.2, -0.15) is 0 Å². The minimum absolute atomic E-state index is 0.0165.